The van der Waals surface area contributed by atoms with Crippen LogP contribution in [0.5, 0.6) is 5.75 Å². The van der Waals surface area contributed by atoms with Gasteiger partial charge in [0.25, 0.3) is 0 Å². The topological polar surface area (TPSA) is 52.6 Å². The first-order valence-electron chi connectivity index (χ1n) is 7.17. The summed E-state index contributed by atoms with van der Waals surface area (Å²) in [6, 6.07) is 13.5. The van der Waals surface area contributed by atoms with Gasteiger partial charge in [-0.1, -0.05) is 25.1 Å². The fourth-order valence-electron chi connectivity index (χ4n) is 1.85. The van der Waals surface area contributed by atoms with Crippen molar-refractivity contribution in [3.8, 4) is 5.75 Å². The Balaban J connectivity index is 2.05. The molecule has 4 nitrogen and oxygen atoms in total. The second-order valence-corrected chi connectivity index (χ2v) is 4.87. The molecule has 0 radical (unpaired) electrons. The Labute approximate surface area is 129 Å². The molecule has 0 N–H and O–H groups in total. The van der Waals surface area contributed by atoms with Crippen LogP contribution in [-0.2, 0) is 4.74 Å². The minimum absolute atomic E-state index is 0.385. The second kappa shape index (κ2) is 7.41. The lowest BCUT2D eigenvalue weighted by Crippen LogP contribution is -2.10. The molecule has 22 heavy (non-hydrogen) atoms. The normalized spacial score (nSPS) is 10.1. The molecule has 0 aliphatic rings. The molecule has 0 bridgehead atoms. The summed E-state index contributed by atoms with van der Waals surface area (Å²) in [5.74, 6) is -0.317. The van der Waals surface area contributed by atoms with E-state index in [1.54, 1.807) is 30.3 Å². The molecule has 0 unspecified atom stereocenters. The highest BCUT2D eigenvalue weighted by molar-refractivity contribution is 5.94. The molecular formula is C18H18O4. The molecule has 0 saturated carbocycles. The molecule has 0 fully saturated rings. The van der Waals surface area contributed by atoms with Gasteiger partial charge in [0.15, 0.2) is 0 Å². The van der Waals surface area contributed by atoms with E-state index in [2.05, 4.69) is 0 Å². The van der Waals surface area contributed by atoms with Gasteiger partial charge in [0, 0.05) is 0 Å². The lowest BCUT2D eigenvalue weighted by Gasteiger charge is -2.07. The minimum Gasteiger partial charge on any atom is -0.462 e. The van der Waals surface area contributed by atoms with Crippen molar-refractivity contribution in [3.05, 3.63) is 65.2 Å². The molecule has 114 valence electrons. The number of ether oxygens (including phenoxy) is 2. The van der Waals surface area contributed by atoms with Crippen molar-refractivity contribution in [2.45, 2.75) is 20.3 Å². The van der Waals surface area contributed by atoms with Crippen LogP contribution in [0.3, 0.4) is 0 Å². The van der Waals surface area contributed by atoms with Crippen LogP contribution in [0.15, 0.2) is 48.5 Å². The Kier molecular flexibility index (Phi) is 5.31. The van der Waals surface area contributed by atoms with Gasteiger partial charge in [-0.25, -0.2) is 9.59 Å². The van der Waals surface area contributed by atoms with Crippen molar-refractivity contribution >= 4 is 11.9 Å². The van der Waals surface area contributed by atoms with Crippen LogP contribution in [0.2, 0.25) is 0 Å². The van der Waals surface area contributed by atoms with Gasteiger partial charge in [-0.05, 0) is 49.2 Å². The molecule has 0 spiro atoms. The Morgan fingerprint density at radius 1 is 0.909 bits per heavy atom. The second-order valence-electron chi connectivity index (χ2n) is 4.87. The van der Waals surface area contributed by atoms with E-state index >= 15 is 0 Å². The molecule has 2 rings (SSSR count). The van der Waals surface area contributed by atoms with Gasteiger partial charge >= 0.3 is 11.9 Å². The number of hydrogen-bond donors (Lipinski definition) is 0. The summed E-state index contributed by atoms with van der Waals surface area (Å²) in [6.45, 7) is 4.18. The molecule has 0 aromatic heterocycles. The number of para-hydroxylation sites is 1. The zero-order valence-corrected chi connectivity index (χ0v) is 12.7. The third kappa shape index (κ3) is 3.95. The van der Waals surface area contributed by atoms with Crippen molar-refractivity contribution in [1.29, 1.82) is 0 Å². The van der Waals surface area contributed by atoms with Gasteiger partial charge in [-0.15, -0.1) is 0 Å². The maximum absolute atomic E-state index is 12.1. The Morgan fingerprint density at radius 3 is 2.09 bits per heavy atom. The number of benzene rings is 2. The van der Waals surface area contributed by atoms with E-state index in [4.69, 9.17) is 9.47 Å². The van der Waals surface area contributed by atoms with Crippen molar-refractivity contribution < 1.29 is 19.1 Å². The number of hydrogen-bond acceptors (Lipinski definition) is 4. The first-order chi connectivity index (χ1) is 10.6. The van der Waals surface area contributed by atoms with E-state index in [1.165, 1.54) is 0 Å². The Hall–Kier alpha value is -2.62. The van der Waals surface area contributed by atoms with Crippen molar-refractivity contribution in [1.82, 2.24) is 0 Å². The predicted molar refractivity (Wildman–Crippen MR) is 83.2 cm³/mol. The summed E-state index contributed by atoms with van der Waals surface area (Å²) in [5.41, 5.74) is 1.69. The third-order valence-electron chi connectivity index (χ3n) is 3.09. The summed E-state index contributed by atoms with van der Waals surface area (Å²) >= 11 is 0. The van der Waals surface area contributed by atoms with Crippen molar-refractivity contribution in [2.75, 3.05) is 6.61 Å². The molecule has 0 aliphatic carbocycles. The van der Waals surface area contributed by atoms with Gasteiger partial charge in [0.1, 0.15) is 5.75 Å². The van der Waals surface area contributed by atoms with E-state index in [9.17, 15) is 9.59 Å². The zero-order chi connectivity index (χ0) is 15.9. The van der Waals surface area contributed by atoms with E-state index in [1.807, 2.05) is 32.0 Å². The number of carbonyl (C=O) groups is 2. The van der Waals surface area contributed by atoms with Crippen LogP contribution >= 0.6 is 0 Å². The SMILES string of the molecule is CCCOC(=O)c1ccc(C(=O)Oc2ccccc2C)cc1. The third-order valence-corrected chi connectivity index (χ3v) is 3.09. The van der Waals surface area contributed by atoms with Crippen LogP contribution < -0.4 is 4.74 Å². The largest absolute Gasteiger partial charge is 0.462 e. The number of carbonyl (C=O) groups excluding carboxylic acids is 2. The first kappa shape index (κ1) is 15.8. The molecule has 0 atom stereocenters. The molecule has 0 saturated heterocycles. The molecule has 2 aromatic carbocycles. The van der Waals surface area contributed by atoms with Crippen LogP contribution in [0, 0.1) is 6.92 Å². The van der Waals surface area contributed by atoms with E-state index in [-0.39, 0.29) is 5.97 Å². The fourth-order valence-corrected chi connectivity index (χ4v) is 1.85. The van der Waals surface area contributed by atoms with Gasteiger partial charge in [0.05, 0.1) is 17.7 Å². The van der Waals surface area contributed by atoms with Crippen molar-refractivity contribution in [3.63, 3.8) is 0 Å². The summed E-state index contributed by atoms with van der Waals surface area (Å²) in [4.78, 5) is 23.8. The quantitative estimate of drug-likeness (QED) is 0.622. The van der Waals surface area contributed by atoms with Gasteiger partial charge < -0.3 is 9.47 Å². The minimum atomic E-state index is -0.456. The average Bonchev–Trinajstić information content (AvgIpc) is 2.55. The molecular weight excluding hydrogens is 280 g/mol. The maximum atomic E-state index is 12.1. The van der Waals surface area contributed by atoms with E-state index in [0.717, 1.165) is 12.0 Å². The van der Waals surface area contributed by atoms with Crippen LogP contribution in [0.25, 0.3) is 0 Å². The monoisotopic (exact) mass is 298 g/mol. The van der Waals surface area contributed by atoms with Crippen LogP contribution in [0.4, 0.5) is 0 Å². The number of esters is 2. The average molecular weight is 298 g/mol. The summed E-state index contributed by atoms with van der Waals surface area (Å²) < 4.78 is 10.4. The molecule has 0 heterocycles. The van der Waals surface area contributed by atoms with Gasteiger partial charge in [0.2, 0.25) is 0 Å². The molecule has 2 aromatic rings. The lowest BCUT2D eigenvalue weighted by atomic mass is 10.1. The Bertz CT molecular complexity index is 659. The number of aryl methyl sites for hydroxylation is 1. The predicted octanol–water partition coefficient (Wildman–Crippen LogP) is 3.78. The van der Waals surface area contributed by atoms with Crippen LogP contribution in [-0.4, -0.2) is 18.5 Å². The molecule has 0 amide bonds. The zero-order valence-electron chi connectivity index (χ0n) is 12.7. The smallest absolute Gasteiger partial charge is 0.343 e. The molecule has 4 heteroatoms. The number of rotatable bonds is 5. The van der Waals surface area contributed by atoms with E-state index in [0.29, 0.717) is 23.5 Å². The highest BCUT2D eigenvalue weighted by atomic mass is 16.5. The van der Waals surface area contributed by atoms with Gasteiger partial charge in [-0.3, -0.25) is 0 Å². The van der Waals surface area contributed by atoms with E-state index < -0.39 is 5.97 Å². The van der Waals surface area contributed by atoms with Gasteiger partial charge in [-0.2, -0.15) is 0 Å². The highest BCUT2D eigenvalue weighted by Crippen LogP contribution is 2.18. The first-order valence-corrected chi connectivity index (χ1v) is 7.17. The standard InChI is InChI=1S/C18H18O4/c1-3-12-21-17(19)14-8-10-15(11-9-14)18(20)22-16-7-5-4-6-13(16)2/h4-11H,3,12H2,1-2H3. The van der Waals surface area contributed by atoms with Crippen molar-refractivity contribution in [2.24, 2.45) is 0 Å². The highest BCUT2D eigenvalue weighted by Gasteiger charge is 2.12. The van der Waals surface area contributed by atoms with Crippen LogP contribution in [0.1, 0.15) is 39.6 Å². The Morgan fingerprint density at radius 2 is 1.50 bits per heavy atom. The summed E-state index contributed by atoms with van der Waals surface area (Å²) in [6.07, 6.45) is 0.770. The summed E-state index contributed by atoms with van der Waals surface area (Å²) in [5, 5.41) is 0. The summed E-state index contributed by atoms with van der Waals surface area (Å²) in [7, 11) is 0. The maximum Gasteiger partial charge on any atom is 0.343 e. The molecule has 0 aliphatic heterocycles. The lowest BCUT2D eigenvalue weighted by molar-refractivity contribution is 0.0504. The fraction of sp³-hybridized carbons (Fsp3) is 0.222.